The summed E-state index contributed by atoms with van der Waals surface area (Å²) in [5.74, 6) is 0. The average Bonchev–Trinajstić information content (AvgIpc) is 2.94. The van der Waals surface area contributed by atoms with Crippen LogP contribution in [0.1, 0.15) is 16.1 Å². The number of thiazole rings is 1. The lowest BCUT2D eigenvalue weighted by atomic mass is 10.0. The SMILES string of the molecule is Cc1ncsc1CNCc1ccc(-c2ccccc2)cc1. The number of hydrogen-bond acceptors (Lipinski definition) is 3. The van der Waals surface area contributed by atoms with Crippen molar-refractivity contribution in [1.82, 2.24) is 10.3 Å². The number of benzene rings is 2. The maximum atomic E-state index is 4.27. The van der Waals surface area contributed by atoms with Crippen LogP contribution in [0.3, 0.4) is 0 Å². The molecule has 1 heterocycles. The zero-order chi connectivity index (χ0) is 14.5. The van der Waals surface area contributed by atoms with Crippen LogP contribution >= 0.6 is 11.3 Å². The van der Waals surface area contributed by atoms with Crippen molar-refractivity contribution in [2.75, 3.05) is 0 Å². The van der Waals surface area contributed by atoms with E-state index in [0.717, 1.165) is 18.8 Å². The van der Waals surface area contributed by atoms with Gasteiger partial charge in [-0.2, -0.15) is 0 Å². The van der Waals surface area contributed by atoms with Gasteiger partial charge < -0.3 is 5.32 Å². The molecule has 0 saturated heterocycles. The number of nitrogens with zero attached hydrogens (tertiary/aromatic N) is 1. The first-order valence-corrected chi connectivity index (χ1v) is 7.95. The molecule has 3 aromatic rings. The zero-order valence-electron chi connectivity index (χ0n) is 12.0. The van der Waals surface area contributed by atoms with E-state index in [1.165, 1.54) is 21.6 Å². The predicted octanol–water partition coefficient (Wildman–Crippen LogP) is 4.41. The molecule has 0 amide bonds. The average molecular weight is 294 g/mol. The summed E-state index contributed by atoms with van der Waals surface area (Å²) in [5.41, 5.74) is 6.86. The van der Waals surface area contributed by atoms with Gasteiger partial charge in [-0.1, -0.05) is 54.6 Å². The van der Waals surface area contributed by atoms with Crippen molar-refractivity contribution >= 4 is 11.3 Å². The lowest BCUT2D eigenvalue weighted by Crippen LogP contribution is -2.12. The van der Waals surface area contributed by atoms with Crippen LogP contribution in [0.5, 0.6) is 0 Å². The van der Waals surface area contributed by atoms with Crippen LogP contribution in [0.25, 0.3) is 11.1 Å². The van der Waals surface area contributed by atoms with Gasteiger partial charge in [-0.3, -0.25) is 0 Å². The number of aryl methyl sites for hydroxylation is 1. The molecular weight excluding hydrogens is 276 g/mol. The Hall–Kier alpha value is -1.97. The van der Waals surface area contributed by atoms with Gasteiger partial charge in [0.05, 0.1) is 11.2 Å². The summed E-state index contributed by atoms with van der Waals surface area (Å²) < 4.78 is 0. The number of hydrogen-bond donors (Lipinski definition) is 1. The molecule has 0 aliphatic carbocycles. The van der Waals surface area contributed by atoms with Crippen LogP contribution in [-0.4, -0.2) is 4.98 Å². The Kier molecular flexibility index (Phi) is 4.43. The second-order valence-electron chi connectivity index (χ2n) is 5.03. The molecule has 3 rings (SSSR count). The highest BCUT2D eigenvalue weighted by atomic mass is 32.1. The van der Waals surface area contributed by atoms with E-state index in [2.05, 4.69) is 65.8 Å². The van der Waals surface area contributed by atoms with Crippen LogP contribution in [0.2, 0.25) is 0 Å². The largest absolute Gasteiger partial charge is 0.308 e. The Bertz CT molecular complexity index is 687. The number of rotatable bonds is 5. The van der Waals surface area contributed by atoms with Crippen LogP contribution < -0.4 is 5.32 Å². The van der Waals surface area contributed by atoms with Gasteiger partial charge in [-0.25, -0.2) is 4.98 Å². The third kappa shape index (κ3) is 3.57. The van der Waals surface area contributed by atoms with Crippen molar-refractivity contribution in [2.45, 2.75) is 20.0 Å². The smallest absolute Gasteiger partial charge is 0.0798 e. The normalized spacial score (nSPS) is 10.7. The molecular formula is C18H18N2S. The predicted molar refractivity (Wildman–Crippen MR) is 89.3 cm³/mol. The molecule has 0 fully saturated rings. The minimum absolute atomic E-state index is 0.881. The second-order valence-corrected chi connectivity index (χ2v) is 5.97. The molecule has 0 aliphatic rings. The summed E-state index contributed by atoms with van der Waals surface area (Å²) >= 11 is 1.71. The van der Waals surface area contributed by atoms with Gasteiger partial charge in [-0.05, 0) is 23.6 Å². The molecule has 0 bridgehead atoms. The molecule has 106 valence electrons. The third-order valence-corrected chi connectivity index (χ3v) is 4.46. The van der Waals surface area contributed by atoms with Crippen LogP contribution in [-0.2, 0) is 13.1 Å². The Morgan fingerprint density at radius 2 is 1.62 bits per heavy atom. The summed E-state index contributed by atoms with van der Waals surface area (Å²) in [5, 5.41) is 3.47. The summed E-state index contributed by atoms with van der Waals surface area (Å²) in [7, 11) is 0. The standard InChI is InChI=1S/C18H18N2S/c1-14-18(21-13-20-14)12-19-11-15-7-9-17(10-8-15)16-5-3-2-4-6-16/h2-10,13,19H,11-12H2,1H3. The van der Waals surface area contributed by atoms with Crippen molar-refractivity contribution in [1.29, 1.82) is 0 Å². The maximum absolute atomic E-state index is 4.27. The molecule has 0 atom stereocenters. The molecule has 0 saturated carbocycles. The molecule has 1 aromatic heterocycles. The molecule has 2 aromatic carbocycles. The molecule has 0 unspecified atom stereocenters. The number of aromatic nitrogens is 1. The van der Waals surface area contributed by atoms with Crippen molar-refractivity contribution in [2.24, 2.45) is 0 Å². The van der Waals surface area contributed by atoms with Gasteiger partial charge in [0, 0.05) is 18.0 Å². The lowest BCUT2D eigenvalue weighted by molar-refractivity contribution is 0.697. The van der Waals surface area contributed by atoms with Gasteiger partial charge in [-0.15, -0.1) is 11.3 Å². The van der Waals surface area contributed by atoms with E-state index in [0.29, 0.717) is 0 Å². The monoisotopic (exact) mass is 294 g/mol. The molecule has 0 spiro atoms. The minimum Gasteiger partial charge on any atom is -0.308 e. The summed E-state index contributed by atoms with van der Waals surface area (Å²) in [6.45, 7) is 3.82. The molecule has 0 aliphatic heterocycles. The van der Waals surface area contributed by atoms with Crippen LogP contribution in [0.4, 0.5) is 0 Å². The fourth-order valence-corrected chi connectivity index (χ4v) is 3.01. The molecule has 3 heteroatoms. The number of nitrogens with one attached hydrogen (secondary N) is 1. The van der Waals surface area contributed by atoms with E-state index in [1.54, 1.807) is 11.3 Å². The van der Waals surface area contributed by atoms with E-state index in [-0.39, 0.29) is 0 Å². The Balaban J connectivity index is 1.59. The Morgan fingerprint density at radius 1 is 0.905 bits per heavy atom. The maximum Gasteiger partial charge on any atom is 0.0798 e. The topological polar surface area (TPSA) is 24.9 Å². The van der Waals surface area contributed by atoms with Gasteiger partial charge >= 0.3 is 0 Å². The fourth-order valence-electron chi connectivity index (χ4n) is 2.26. The first kappa shape index (κ1) is 14.0. The summed E-state index contributed by atoms with van der Waals surface area (Å²) in [4.78, 5) is 5.58. The highest BCUT2D eigenvalue weighted by Crippen LogP contribution is 2.19. The van der Waals surface area contributed by atoms with Crippen molar-refractivity contribution in [3.05, 3.63) is 76.2 Å². The quantitative estimate of drug-likeness (QED) is 0.754. The van der Waals surface area contributed by atoms with Crippen molar-refractivity contribution in [3.63, 3.8) is 0 Å². The van der Waals surface area contributed by atoms with Gasteiger partial charge in [0.25, 0.3) is 0 Å². The molecule has 1 N–H and O–H groups in total. The van der Waals surface area contributed by atoms with E-state index >= 15 is 0 Å². The lowest BCUT2D eigenvalue weighted by Gasteiger charge is -2.06. The highest BCUT2D eigenvalue weighted by molar-refractivity contribution is 7.09. The summed E-state index contributed by atoms with van der Waals surface area (Å²) in [6.07, 6.45) is 0. The van der Waals surface area contributed by atoms with Crippen molar-refractivity contribution < 1.29 is 0 Å². The Morgan fingerprint density at radius 3 is 2.29 bits per heavy atom. The van der Waals surface area contributed by atoms with E-state index in [1.807, 2.05) is 11.6 Å². The Labute approximate surface area is 129 Å². The third-order valence-electron chi connectivity index (χ3n) is 3.52. The molecule has 21 heavy (non-hydrogen) atoms. The van der Waals surface area contributed by atoms with E-state index in [9.17, 15) is 0 Å². The summed E-state index contributed by atoms with van der Waals surface area (Å²) in [6, 6.07) is 19.2. The second kappa shape index (κ2) is 6.66. The first-order valence-electron chi connectivity index (χ1n) is 7.07. The van der Waals surface area contributed by atoms with Crippen LogP contribution in [0.15, 0.2) is 60.1 Å². The minimum atomic E-state index is 0.881. The molecule has 0 radical (unpaired) electrons. The van der Waals surface area contributed by atoms with Crippen molar-refractivity contribution in [3.8, 4) is 11.1 Å². The van der Waals surface area contributed by atoms with Gasteiger partial charge in [0.15, 0.2) is 0 Å². The van der Waals surface area contributed by atoms with E-state index in [4.69, 9.17) is 0 Å². The fraction of sp³-hybridized carbons (Fsp3) is 0.167. The van der Waals surface area contributed by atoms with E-state index < -0.39 is 0 Å². The zero-order valence-corrected chi connectivity index (χ0v) is 12.9. The highest BCUT2D eigenvalue weighted by Gasteiger charge is 2.01. The first-order chi connectivity index (χ1) is 10.3. The van der Waals surface area contributed by atoms with Gasteiger partial charge in [0.2, 0.25) is 0 Å². The van der Waals surface area contributed by atoms with Crippen LogP contribution in [0, 0.1) is 6.92 Å². The molecule has 2 nitrogen and oxygen atoms in total. The van der Waals surface area contributed by atoms with Gasteiger partial charge in [0.1, 0.15) is 0 Å².